The van der Waals surface area contributed by atoms with E-state index >= 15 is 0 Å². The van der Waals surface area contributed by atoms with Gasteiger partial charge < -0.3 is 0 Å². The molecule has 0 heteroatoms. The molecule has 0 spiro atoms. The van der Waals surface area contributed by atoms with E-state index in [1.807, 2.05) is 0 Å². The van der Waals surface area contributed by atoms with Crippen LogP contribution in [-0.2, 0) is 0 Å². The maximum absolute atomic E-state index is 2.30. The summed E-state index contributed by atoms with van der Waals surface area (Å²) in [5, 5.41) is 0. The highest BCUT2D eigenvalue weighted by Gasteiger charge is 1.93. The first-order valence-electron chi connectivity index (χ1n) is 4.33. The zero-order valence-electron chi connectivity index (χ0n) is 7.72. The maximum Gasteiger partial charge on any atom is -0.0290 e. The van der Waals surface area contributed by atoms with Crippen molar-refractivity contribution in [2.75, 3.05) is 0 Å². The van der Waals surface area contributed by atoms with Crippen molar-refractivity contribution < 1.29 is 0 Å². The van der Waals surface area contributed by atoms with Crippen LogP contribution < -0.4 is 0 Å². The summed E-state index contributed by atoms with van der Waals surface area (Å²) in [7, 11) is 0. The average molecular weight is 140 g/mol. The molecule has 0 saturated carbocycles. The van der Waals surface area contributed by atoms with Gasteiger partial charge in [-0.2, -0.15) is 0 Å². The van der Waals surface area contributed by atoms with E-state index in [1.54, 1.807) is 0 Å². The van der Waals surface area contributed by atoms with Gasteiger partial charge in [-0.3, -0.25) is 0 Å². The minimum atomic E-state index is 0.712. The Hall–Kier alpha value is -0.260. The Balaban J connectivity index is 3.33. The van der Waals surface area contributed by atoms with Crippen molar-refractivity contribution in [2.45, 2.75) is 40.5 Å². The topological polar surface area (TPSA) is 0 Å². The van der Waals surface area contributed by atoms with Gasteiger partial charge in [0, 0.05) is 0 Å². The van der Waals surface area contributed by atoms with Gasteiger partial charge in [0.05, 0.1) is 0 Å². The molecule has 1 unspecified atom stereocenters. The molecule has 0 radical (unpaired) electrons. The smallest absolute Gasteiger partial charge is 0.0290 e. The molecule has 60 valence electrons. The second-order valence-electron chi connectivity index (χ2n) is 3.42. The van der Waals surface area contributed by atoms with E-state index < -0.39 is 0 Å². The molecular formula is C10H20. The Morgan fingerprint density at radius 2 is 1.80 bits per heavy atom. The van der Waals surface area contributed by atoms with Crippen LogP contribution in [0.5, 0.6) is 0 Å². The first-order chi connectivity index (χ1) is 4.66. The lowest BCUT2D eigenvalue weighted by Gasteiger charge is -2.02. The molecule has 0 aromatic rings. The lowest BCUT2D eigenvalue weighted by molar-refractivity contribution is 0.570. The average Bonchev–Trinajstić information content (AvgIpc) is 1.87. The van der Waals surface area contributed by atoms with Crippen LogP contribution in [-0.4, -0.2) is 0 Å². The molecule has 1 atom stereocenters. The third-order valence-corrected chi connectivity index (χ3v) is 1.76. The SMILES string of the molecule is CCC(C)C/C=C/C(C)C. The van der Waals surface area contributed by atoms with Crippen LogP contribution in [0.3, 0.4) is 0 Å². The van der Waals surface area contributed by atoms with Gasteiger partial charge in [0.2, 0.25) is 0 Å². The van der Waals surface area contributed by atoms with E-state index in [9.17, 15) is 0 Å². The molecule has 0 aliphatic heterocycles. The van der Waals surface area contributed by atoms with Gasteiger partial charge in [-0.1, -0.05) is 46.3 Å². The van der Waals surface area contributed by atoms with Gasteiger partial charge >= 0.3 is 0 Å². The summed E-state index contributed by atoms with van der Waals surface area (Å²) in [5.74, 6) is 1.57. The highest BCUT2D eigenvalue weighted by atomic mass is 14.0. The molecular weight excluding hydrogens is 120 g/mol. The summed E-state index contributed by atoms with van der Waals surface area (Å²) in [4.78, 5) is 0. The number of allylic oxidation sites excluding steroid dienone is 2. The Morgan fingerprint density at radius 3 is 2.20 bits per heavy atom. The fraction of sp³-hybridized carbons (Fsp3) is 0.800. The van der Waals surface area contributed by atoms with E-state index in [1.165, 1.54) is 12.8 Å². The molecule has 0 rings (SSSR count). The highest BCUT2D eigenvalue weighted by Crippen LogP contribution is 2.07. The number of rotatable bonds is 4. The standard InChI is InChI=1S/C10H20/c1-5-10(4)8-6-7-9(2)3/h6-7,9-10H,5,8H2,1-4H3/b7-6+. The monoisotopic (exact) mass is 140 g/mol. The van der Waals surface area contributed by atoms with Crippen molar-refractivity contribution in [3.05, 3.63) is 12.2 Å². The van der Waals surface area contributed by atoms with Crippen molar-refractivity contribution in [3.8, 4) is 0 Å². The first-order valence-corrected chi connectivity index (χ1v) is 4.33. The van der Waals surface area contributed by atoms with Crippen LogP contribution >= 0.6 is 0 Å². The van der Waals surface area contributed by atoms with Crippen LogP contribution in [0.1, 0.15) is 40.5 Å². The zero-order valence-corrected chi connectivity index (χ0v) is 7.72. The molecule has 0 nitrogen and oxygen atoms in total. The van der Waals surface area contributed by atoms with Crippen molar-refractivity contribution in [1.29, 1.82) is 0 Å². The summed E-state index contributed by atoms with van der Waals surface area (Å²) in [5.41, 5.74) is 0. The third-order valence-electron chi connectivity index (χ3n) is 1.76. The van der Waals surface area contributed by atoms with Crippen LogP contribution in [0.2, 0.25) is 0 Å². The van der Waals surface area contributed by atoms with Crippen molar-refractivity contribution >= 4 is 0 Å². The molecule has 0 bridgehead atoms. The molecule has 0 N–H and O–H groups in total. The Morgan fingerprint density at radius 1 is 1.20 bits per heavy atom. The molecule has 0 amide bonds. The quantitative estimate of drug-likeness (QED) is 0.523. The summed E-state index contributed by atoms with van der Waals surface area (Å²) in [6, 6.07) is 0. The molecule has 0 aliphatic rings. The van der Waals surface area contributed by atoms with Gasteiger partial charge in [0.1, 0.15) is 0 Å². The zero-order chi connectivity index (χ0) is 7.98. The Kier molecular flexibility index (Phi) is 5.38. The third kappa shape index (κ3) is 5.87. The minimum Gasteiger partial charge on any atom is -0.0880 e. The van der Waals surface area contributed by atoms with Gasteiger partial charge in [-0.15, -0.1) is 0 Å². The number of hydrogen-bond donors (Lipinski definition) is 0. The normalized spacial score (nSPS) is 14.9. The van der Waals surface area contributed by atoms with Crippen molar-refractivity contribution in [3.63, 3.8) is 0 Å². The Bertz CT molecular complexity index is 90.2. The van der Waals surface area contributed by atoms with E-state index in [-0.39, 0.29) is 0 Å². The predicted molar refractivity (Wildman–Crippen MR) is 48.1 cm³/mol. The summed E-state index contributed by atoms with van der Waals surface area (Å²) in [6.45, 7) is 8.97. The van der Waals surface area contributed by atoms with Gasteiger partial charge in [-0.05, 0) is 18.3 Å². The molecule has 0 fully saturated rings. The van der Waals surface area contributed by atoms with E-state index in [0.717, 1.165) is 5.92 Å². The van der Waals surface area contributed by atoms with E-state index in [2.05, 4.69) is 39.8 Å². The lowest BCUT2D eigenvalue weighted by atomic mass is 10.0. The highest BCUT2D eigenvalue weighted by molar-refractivity contribution is 4.85. The molecule has 0 aliphatic carbocycles. The second kappa shape index (κ2) is 5.52. The van der Waals surface area contributed by atoms with Crippen LogP contribution in [0.25, 0.3) is 0 Å². The van der Waals surface area contributed by atoms with E-state index in [4.69, 9.17) is 0 Å². The molecule has 0 aromatic carbocycles. The fourth-order valence-electron chi connectivity index (χ4n) is 0.750. The second-order valence-corrected chi connectivity index (χ2v) is 3.42. The first kappa shape index (κ1) is 9.74. The van der Waals surface area contributed by atoms with Gasteiger partial charge in [-0.25, -0.2) is 0 Å². The summed E-state index contributed by atoms with van der Waals surface area (Å²) < 4.78 is 0. The largest absolute Gasteiger partial charge is 0.0880 e. The van der Waals surface area contributed by atoms with E-state index in [0.29, 0.717) is 5.92 Å². The van der Waals surface area contributed by atoms with Crippen LogP contribution in [0.4, 0.5) is 0 Å². The fourth-order valence-corrected chi connectivity index (χ4v) is 0.750. The molecule has 0 saturated heterocycles. The predicted octanol–water partition coefficient (Wildman–Crippen LogP) is 3.63. The minimum absolute atomic E-state index is 0.712. The van der Waals surface area contributed by atoms with Crippen LogP contribution in [0, 0.1) is 11.8 Å². The molecule has 0 aromatic heterocycles. The summed E-state index contributed by atoms with van der Waals surface area (Å²) in [6.07, 6.45) is 7.13. The van der Waals surface area contributed by atoms with Gasteiger partial charge in [0.15, 0.2) is 0 Å². The van der Waals surface area contributed by atoms with Crippen molar-refractivity contribution in [1.82, 2.24) is 0 Å². The van der Waals surface area contributed by atoms with Gasteiger partial charge in [0.25, 0.3) is 0 Å². The van der Waals surface area contributed by atoms with Crippen LogP contribution in [0.15, 0.2) is 12.2 Å². The summed E-state index contributed by atoms with van der Waals surface area (Å²) >= 11 is 0. The van der Waals surface area contributed by atoms with Crippen molar-refractivity contribution in [2.24, 2.45) is 11.8 Å². The molecule has 0 heterocycles. The lowest BCUT2D eigenvalue weighted by Crippen LogP contribution is -1.88. The maximum atomic E-state index is 2.30. The molecule has 10 heavy (non-hydrogen) atoms. The Labute approximate surface area is 65.3 Å². The number of hydrogen-bond acceptors (Lipinski definition) is 0.